The van der Waals surface area contributed by atoms with Crippen LogP contribution in [0.1, 0.15) is 16.7 Å². The number of rotatable bonds is 5. The van der Waals surface area contributed by atoms with Gasteiger partial charge in [-0.05, 0) is 36.6 Å². The molecule has 4 nitrogen and oxygen atoms in total. The number of carbonyl (C=O) groups excluding carboxylic acids is 1. The fraction of sp³-hybridized carbons (Fsp3) is 0.158. The van der Waals surface area contributed by atoms with E-state index in [1.807, 2.05) is 68.4 Å². The van der Waals surface area contributed by atoms with E-state index in [0.717, 1.165) is 22.4 Å². The lowest BCUT2D eigenvalue weighted by Gasteiger charge is -2.08. The van der Waals surface area contributed by atoms with Crippen LogP contribution in [0.25, 0.3) is 0 Å². The smallest absolute Gasteiger partial charge is 0.263 e. The van der Waals surface area contributed by atoms with Crippen LogP contribution in [0.2, 0.25) is 0 Å². The summed E-state index contributed by atoms with van der Waals surface area (Å²) >= 11 is 0. The molecule has 0 heterocycles. The first kappa shape index (κ1) is 16.3. The Morgan fingerprint density at radius 2 is 1.91 bits per heavy atom. The minimum Gasteiger partial charge on any atom is -0.360 e. The SMILES string of the molecule is Cc1ccc(C)c(N/C=C(\C#N)C(=O)NCc2ccccc2)c1. The number of nitrogens with one attached hydrogen (secondary N) is 2. The average Bonchev–Trinajstić information content (AvgIpc) is 2.57. The molecule has 0 fully saturated rings. The van der Waals surface area contributed by atoms with Crippen LogP contribution in [0.4, 0.5) is 5.69 Å². The Kier molecular flexibility index (Phi) is 5.54. The number of hydrogen-bond acceptors (Lipinski definition) is 3. The van der Waals surface area contributed by atoms with Gasteiger partial charge in [0.1, 0.15) is 11.6 Å². The number of hydrogen-bond donors (Lipinski definition) is 2. The standard InChI is InChI=1S/C19H19N3O/c1-14-8-9-15(2)18(10-14)21-13-17(11-20)19(23)22-12-16-6-4-3-5-7-16/h3-10,13,21H,12H2,1-2H3,(H,22,23)/b17-13+. The van der Waals surface area contributed by atoms with Crippen LogP contribution >= 0.6 is 0 Å². The third-order valence-electron chi connectivity index (χ3n) is 3.43. The van der Waals surface area contributed by atoms with E-state index in [4.69, 9.17) is 0 Å². The predicted octanol–water partition coefficient (Wildman–Crippen LogP) is 3.44. The zero-order valence-corrected chi connectivity index (χ0v) is 13.3. The summed E-state index contributed by atoms with van der Waals surface area (Å²) in [5.74, 6) is -0.394. The third kappa shape index (κ3) is 4.72. The van der Waals surface area contributed by atoms with Crippen molar-refractivity contribution < 1.29 is 4.79 Å². The fourth-order valence-corrected chi connectivity index (χ4v) is 2.06. The van der Waals surface area contributed by atoms with Crippen molar-refractivity contribution in [3.05, 3.63) is 77.0 Å². The maximum Gasteiger partial charge on any atom is 0.263 e. The molecule has 0 radical (unpaired) electrons. The summed E-state index contributed by atoms with van der Waals surface area (Å²) in [7, 11) is 0. The van der Waals surface area contributed by atoms with Gasteiger partial charge in [0.05, 0.1) is 0 Å². The van der Waals surface area contributed by atoms with Crippen molar-refractivity contribution >= 4 is 11.6 Å². The first-order valence-electron chi connectivity index (χ1n) is 7.36. The second-order valence-electron chi connectivity index (χ2n) is 5.30. The van der Waals surface area contributed by atoms with E-state index in [-0.39, 0.29) is 5.57 Å². The molecule has 116 valence electrons. The van der Waals surface area contributed by atoms with Gasteiger partial charge < -0.3 is 10.6 Å². The van der Waals surface area contributed by atoms with Crippen molar-refractivity contribution in [2.45, 2.75) is 20.4 Å². The van der Waals surface area contributed by atoms with Crippen LogP contribution in [-0.2, 0) is 11.3 Å². The van der Waals surface area contributed by atoms with Crippen molar-refractivity contribution in [3.8, 4) is 6.07 Å². The van der Waals surface area contributed by atoms with Crippen LogP contribution in [-0.4, -0.2) is 5.91 Å². The highest BCUT2D eigenvalue weighted by molar-refractivity contribution is 5.97. The van der Waals surface area contributed by atoms with Gasteiger partial charge in [0.25, 0.3) is 5.91 Å². The Balaban J connectivity index is 2.02. The quantitative estimate of drug-likeness (QED) is 0.657. The van der Waals surface area contributed by atoms with Gasteiger partial charge in [0, 0.05) is 18.4 Å². The van der Waals surface area contributed by atoms with Crippen LogP contribution in [0, 0.1) is 25.2 Å². The van der Waals surface area contributed by atoms with Gasteiger partial charge in [-0.1, -0.05) is 42.5 Å². The molecule has 0 atom stereocenters. The van der Waals surface area contributed by atoms with Crippen molar-refractivity contribution in [3.63, 3.8) is 0 Å². The summed E-state index contributed by atoms with van der Waals surface area (Å²) in [6.07, 6.45) is 1.45. The molecule has 0 aliphatic carbocycles. The molecule has 0 bridgehead atoms. The normalized spacial score (nSPS) is 10.7. The molecular weight excluding hydrogens is 286 g/mol. The van der Waals surface area contributed by atoms with Crippen LogP contribution < -0.4 is 10.6 Å². The highest BCUT2D eigenvalue weighted by atomic mass is 16.1. The maximum absolute atomic E-state index is 12.1. The van der Waals surface area contributed by atoms with E-state index >= 15 is 0 Å². The Bertz CT molecular complexity index is 758. The molecule has 1 amide bonds. The van der Waals surface area contributed by atoms with Gasteiger partial charge in [-0.15, -0.1) is 0 Å². The molecule has 2 rings (SSSR count). The summed E-state index contributed by atoms with van der Waals surface area (Å²) < 4.78 is 0. The molecular formula is C19H19N3O. The molecule has 0 saturated carbocycles. The largest absolute Gasteiger partial charge is 0.360 e. The van der Waals surface area contributed by atoms with Crippen molar-refractivity contribution in [1.82, 2.24) is 5.32 Å². The van der Waals surface area contributed by atoms with E-state index in [1.54, 1.807) is 0 Å². The van der Waals surface area contributed by atoms with E-state index in [2.05, 4.69) is 10.6 Å². The minimum atomic E-state index is -0.394. The second kappa shape index (κ2) is 7.81. The van der Waals surface area contributed by atoms with E-state index in [0.29, 0.717) is 6.54 Å². The predicted molar refractivity (Wildman–Crippen MR) is 91.5 cm³/mol. The molecule has 0 aliphatic heterocycles. The average molecular weight is 305 g/mol. The molecule has 4 heteroatoms. The first-order valence-corrected chi connectivity index (χ1v) is 7.36. The Labute approximate surface area is 136 Å². The maximum atomic E-state index is 12.1. The van der Waals surface area contributed by atoms with Gasteiger partial charge in [0.2, 0.25) is 0 Å². The van der Waals surface area contributed by atoms with E-state index in [1.165, 1.54) is 6.20 Å². The van der Waals surface area contributed by atoms with Gasteiger partial charge in [0.15, 0.2) is 0 Å². The first-order chi connectivity index (χ1) is 11.1. The second-order valence-corrected chi connectivity index (χ2v) is 5.30. The lowest BCUT2D eigenvalue weighted by molar-refractivity contribution is -0.117. The summed E-state index contributed by atoms with van der Waals surface area (Å²) in [6, 6.07) is 17.5. The van der Waals surface area contributed by atoms with Crippen molar-refractivity contribution in [2.75, 3.05) is 5.32 Å². The topological polar surface area (TPSA) is 64.9 Å². The molecule has 23 heavy (non-hydrogen) atoms. The lowest BCUT2D eigenvalue weighted by Crippen LogP contribution is -2.24. The number of nitriles is 1. The molecule has 0 saturated heterocycles. The zero-order valence-electron chi connectivity index (χ0n) is 13.3. The van der Waals surface area contributed by atoms with E-state index < -0.39 is 5.91 Å². The highest BCUT2D eigenvalue weighted by Crippen LogP contribution is 2.16. The Morgan fingerprint density at radius 3 is 2.61 bits per heavy atom. The monoisotopic (exact) mass is 305 g/mol. The van der Waals surface area contributed by atoms with Gasteiger partial charge >= 0.3 is 0 Å². The molecule has 0 aliphatic rings. The van der Waals surface area contributed by atoms with Crippen LogP contribution in [0.15, 0.2) is 60.3 Å². The van der Waals surface area contributed by atoms with Crippen molar-refractivity contribution in [1.29, 1.82) is 5.26 Å². The molecule has 2 aromatic carbocycles. The number of amides is 1. The highest BCUT2D eigenvalue weighted by Gasteiger charge is 2.08. The van der Waals surface area contributed by atoms with Gasteiger partial charge in [-0.25, -0.2) is 0 Å². The van der Waals surface area contributed by atoms with Gasteiger partial charge in [-0.3, -0.25) is 4.79 Å². The van der Waals surface area contributed by atoms with Crippen LogP contribution in [0.5, 0.6) is 0 Å². The molecule has 0 unspecified atom stereocenters. The van der Waals surface area contributed by atoms with E-state index in [9.17, 15) is 10.1 Å². The summed E-state index contributed by atoms with van der Waals surface area (Å²) in [4.78, 5) is 12.1. The Morgan fingerprint density at radius 1 is 1.17 bits per heavy atom. The number of nitrogens with zero attached hydrogens (tertiary/aromatic N) is 1. The minimum absolute atomic E-state index is 0.0434. The zero-order chi connectivity index (χ0) is 16.7. The van der Waals surface area contributed by atoms with Crippen LogP contribution in [0.3, 0.4) is 0 Å². The molecule has 2 N–H and O–H groups in total. The number of anilines is 1. The molecule has 0 aromatic heterocycles. The summed E-state index contributed by atoms with van der Waals surface area (Å²) in [6.45, 7) is 4.35. The molecule has 0 spiro atoms. The molecule has 2 aromatic rings. The lowest BCUT2D eigenvalue weighted by atomic mass is 10.1. The number of carbonyl (C=O) groups is 1. The summed E-state index contributed by atoms with van der Waals surface area (Å²) in [5.41, 5.74) is 4.07. The fourth-order valence-electron chi connectivity index (χ4n) is 2.06. The van der Waals surface area contributed by atoms with Crippen molar-refractivity contribution in [2.24, 2.45) is 0 Å². The Hall–Kier alpha value is -3.06. The summed E-state index contributed by atoms with van der Waals surface area (Å²) in [5, 5.41) is 15.0. The number of benzene rings is 2. The third-order valence-corrected chi connectivity index (χ3v) is 3.43. The number of aryl methyl sites for hydroxylation is 2. The van der Waals surface area contributed by atoms with Gasteiger partial charge in [-0.2, -0.15) is 5.26 Å².